The predicted molar refractivity (Wildman–Crippen MR) is 133 cm³/mol. The Morgan fingerprint density at radius 2 is 1.92 bits per heavy atom. The van der Waals surface area contributed by atoms with Crippen molar-refractivity contribution in [1.82, 2.24) is 14.9 Å². The van der Waals surface area contributed by atoms with Crippen LogP contribution < -0.4 is 15.6 Å². The Morgan fingerprint density at radius 1 is 1.19 bits per heavy atom. The number of aromatic nitrogens is 2. The molecule has 3 rings (SSSR count). The lowest BCUT2D eigenvalue weighted by Gasteiger charge is -2.17. The number of ether oxygens (including phenoxy) is 2. The fraction of sp³-hybridized carbons (Fsp3) is 0.280. The monoisotopic (exact) mass is 579 g/mol. The van der Waals surface area contributed by atoms with Crippen molar-refractivity contribution in [2.75, 3.05) is 13.2 Å². The first-order chi connectivity index (χ1) is 17.5. The highest BCUT2D eigenvalue weighted by atomic mass is 79.9. The molecule has 12 heteroatoms. The fourth-order valence-corrected chi connectivity index (χ4v) is 3.82. The highest BCUT2D eigenvalue weighted by Crippen LogP contribution is 2.24. The van der Waals surface area contributed by atoms with E-state index in [1.807, 2.05) is 0 Å². The van der Waals surface area contributed by atoms with Crippen LogP contribution in [0.25, 0.3) is 5.69 Å². The zero-order valence-electron chi connectivity index (χ0n) is 20.2. The van der Waals surface area contributed by atoms with Gasteiger partial charge in [-0.2, -0.15) is 4.98 Å². The van der Waals surface area contributed by atoms with E-state index < -0.39 is 35.2 Å². The molecule has 196 valence electrons. The van der Waals surface area contributed by atoms with Crippen molar-refractivity contribution in [3.63, 3.8) is 0 Å². The van der Waals surface area contributed by atoms with Gasteiger partial charge in [0.2, 0.25) is 5.88 Å². The maximum atomic E-state index is 13.9. The van der Waals surface area contributed by atoms with Gasteiger partial charge in [-0.3, -0.25) is 14.2 Å². The maximum Gasteiger partial charge on any atom is 0.334 e. The van der Waals surface area contributed by atoms with Crippen LogP contribution >= 0.6 is 15.9 Å². The van der Waals surface area contributed by atoms with Gasteiger partial charge < -0.3 is 19.9 Å². The third-order valence-corrected chi connectivity index (χ3v) is 6.03. The minimum Gasteiger partial charge on any atom is -0.479 e. The normalized spacial score (nSPS) is 11.7. The molecular weight excluding hydrogens is 556 g/mol. The number of aryl methyl sites for hydroxylation is 2. The average Bonchev–Trinajstić information content (AvgIpc) is 2.84. The average molecular weight is 580 g/mol. The number of benzene rings is 2. The van der Waals surface area contributed by atoms with Gasteiger partial charge >= 0.3 is 5.97 Å². The summed E-state index contributed by atoms with van der Waals surface area (Å²) in [7, 11) is 0. The molecule has 1 atom stereocenters. The van der Waals surface area contributed by atoms with Crippen molar-refractivity contribution in [1.29, 1.82) is 0 Å². The first-order valence-electron chi connectivity index (χ1n) is 11.1. The Balaban J connectivity index is 1.87. The molecule has 0 saturated heterocycles. The van der Waals surface area contributed by atoms with Crippen LogP contribution in [0.4, 0.5) is 8.78 Å². The lowest BCUT2D eigenvalue weighted by Crippen LogP contribution is -2.38. The second kappa shape index (κ2) is 12.1. The summed E-state index contributed by atoms with van der Waals surface area (Å²) in [6.45, 7) is 4.60. The SMILES string of the molecule is CCOC(CNC(=O)c1ccc(C)c(-n2c(C)nc(OCc3ccc(F)cc3F)c(Br)c2=O)c1)C(=O)O. The Labute approximate surface area is 219 Å². The van der Waals surface area contributed by atoms with Crippen LogP contribution in [-0.2, 0) is 16.1 Å². The first-order valence-corrected chi connectivity index (χ1v) is 11.9. The van der Waals surface area contributed by atoms with Gasteiger partial charge in [-0.05, 0) is 66.5 Å². The molecule has 0 aliphatic carbocycles. The molecule has 0 fully saturated rings. The van der Waals surface area contributed by atoms with Crippen molar-refractivity contribution in [2.45, 2.75) is 33.5 Å². The molecule has 9 nitrogen and oxygen atoms in total. The number of carbonyl (C=O) groups is 2. The summed E-state index contributed by atoms with van der Waals surface area (Å²) >= 11 is 3.18. The van der Waals surface area contributed by atoms with Crippen molar-refractivity contribution >= 4 is 27.8 Å². The van der Waals surface area contributed by atoms with E-state index in [9.17, 15) is 28.3 Å². The standard InChI is InChI=1S/C25H24BrF2N3O6/c1-4-36-20(25(34)35)11-29-22(32)15-6-5-13(2)19(9-15)31-14(3)30-23(21(26)24(31)33)37-12-16-7-8-17(27)10-18(16)28/h5-10,20H,4,11-12H2,1-3H3,(H,29,32)(H,34,35). The molecule has 2 N–H and O–H groups in total. The number of hydrogen-bond donors (Lipinski definition) is 2. The Bertz CT molecular complexity index is 1400. The van der Waals surface area contributed by atoms with Crippen molar-refractivity contribution in [3.05, 3.63) is 85.4 Å². The summed E-state index contributed by atoms with van der Waals surface area (Å²) in [5.41, 5.74) is 0.774. The second-order valence-electron chi connectivity index (χ2n) is 7.94. The fourth-order valence-electron chi connectivity index (χ4n) is 3.44. The number of hydrogen-bond acceptors (Lipinski definition) is 6. The molecule has 1 heterocycles. The predicted octanol–water partition coefficient (Wildman–Crippen LogP) is 3.69. The topological polar surface area (TPSA) is 120 Å². The molecule has 2 aromatic carbocycles. The Hall–Kier alpha value is -3.64. The zero-order chi connectivity index (χ0) is 27.3. The van der Waals surface area contributed by atoms with Crippen LogP contribution in [0.5, 0.6) is 5.88 Å². The third-order valence-electron chi connectivity index (χ3n) is 5.35. The van der Waals surface area contributed by atoms with Crippen molar-refractivity contribution in [2.24, 2.45) is 0 Å². The highest BCUT2D eigenvalue weighted by Gasteiger charge is 2.21. The van der Waals surface area contributed by atoms with Gasteiger partial charge in [0.05, 0.1) is 12.2 Å². The van der Waals surface area contributed by atoms with Gasteiger partial charge in [0.1, 0.15) is 28.5 Å². The van der Waals surface area contributed by atoms with Crippen LogP contribution in [0.1, 0.15) is 34.2 Å². The van der Waals surface area contributed by atoms with E-state index in [2.05, 4.69) is 26.2 Å². The summed E-state index contributed by atoms with van der Waals surface area (Å²) in [6, 6.07) is 7.73. The van der Waals surface area contributed by atoms with Crippen LogP contribution in [0, 0.1) is 25.5 Å². The van der Waals surface area contributed by atoms with Gasteiger partial charge in [0.15, 0.2) is 6.10 Å². The van der Waals surface area contributed by atoms with Gasteiger partial charge in [-0.15, -0.1) is 0 Å². The van der Waals surface area contributed by atoms with Crippen LogP contribution in [0.3, 0.4) is 0 Å². The molecular formula is C25H24BrF2N3O6. The van der Waals surface area contributed by atoms with Crippen LogP contribution in [0.15, 0.2) is 45.7 Å². The number of nitrogens with one attached hydrogen (secondary N) is 1. The minimum atomic E-state index is -1.20. The molecule has 1 unspecified atom stereocenters. The van der Waals surface area contributed by atoms with E-state index in [0.717, 1.165) is 12.1 Å². The first kappa shape index (κ1) is 27.9. The van der Waals surface area contributed by atoms with E-state index in [1.165, 1.54) is 16.7 Å². The van der Waals surface area contributed by atoms with Gasteiger partial charge in [0, 0.05) is 23.8 Å². The third kappa shape index (κ3) is 6.57. The molecule has 0 spiro atoms. The zero-order valence-corrected chi connectivity index (χ0v) is 21.8. The van der Waals surface area contributed by atoms with Crippen molar-refractivity contribution < 1.29 is 33.0 Å². The molecule has 0 bridgehead atoms. The minimum absolute atomic E-state index is 0.0316. The number of carbonyl (C=O) groups excluding carboxylic acids is 1. The molecule has 0 saturated carbocycles. The van der Waals surface area contributed by atoms with E-state index in [-0.39, 0.29) is 47.1 Å². The summed E-state index contributed by atoms with van der Waals surface area (Å²) in [6.07, 6.45) is -1.19. The maximum absolute atomic E-state index is 13.9. The molecule has 1 aromatic heterocycles. The van der Waals surface area contributed by atoms with Crippen LogP contribution in [0.2, 0.25) is 0 Å². The number of nitrogens with zero attached hydrogens (tertiary/aromatic N) is 2. The molecule has 1 amide bonds. The molecule has 0 aliphatic heterocycles. The number of rotatable bonds is 10. The Morgan fingerprint density at radius 3 is 2.57 bits per heavy atom. The van der Waals surface area contributed by atoms with Gasteiger partial charge in [0.25, 0.3) is 11.5 Å². The highest BCUT2D eigenvalue weighted by molar-refractivity contribution is 9.10. The van der Waals surface area contributed by atoms with E-state index in [1.54, 1.807) is 32.9 Å². The summed E-state index contributed by atoms with van der Waals surface area (Å²) in [5, 5.41) is 11.7. The number of carboxylic acids is 1. The van der Waals surface area contributed by atoms with Gasteiger partial charge in [-0.1, -0.05) is 6.07 Å². The molecule has 37 heavy (non-hydrogen) atoms. The van der Waals surface area contributed by atoms with Gasteiger partial charge in [-0.25, -0.2) is 13.6 Å². The number of halogens is 3. The number of carboxylic acid groups (broad SMARTS) is 1. The summed E-state index contributed by atoms with van der Waals surface area (Å²) < 4.78 is 38.9. The van der Waals surface area contributed by atoms with Crippen molar-refractivity contribution in [3.8, 4) is 11.6 Å². The van der Waals surface area contributed by atoms with Crippen LogP contribution in [-0.4, -0.2) is 45.8 Å². The molecule has 0 radical (unpaired) electrons. The largest absolute Gasteiger partial charge is 0.479 e. The second-order valence-corrected chi connectivity index (χ2v) is 8.73. The molecule has 0 aliphatic rings. The smallest absolute Gasteiger partial charge is 0.334 e. The lowest BCUT2D eigenvalue weighted by atomic mass is 10.1. The number of aliphatic carboxylic acids is 1. The quantitative estimate of drug-likeness (QED) is 0.376. The molecule has 3 aromatic rings. The van der Waals surface area contributed by atoms with E-state index >= 15 is 0 Å². The summed E-state index contributed by atoms with van der Waals surface area (Å²) in [4.78, 5) is 41.4. The Kier molecular flexibility index (Phi) is 9.11. The summed E-state index contributed by atoms with van der Waals surface area (Å²) in [5.74, 6) is -3.11. The van der Waals surface area contributed by atoms with E-state index in [4.69, 9.17) is 9.47 Å². The number of amides is 1. The van der Waals surface area contributed by atoms with E-state index in [0.29, 0.717) is 11.3 Å². The lowest BCUT2D eigenvalue weighted by molar-refractivity contribution is -0.149.